The molecule has 1 aliphatic heterocycles. The molecule has 0 spiro atoms. The Hall–Kier alpha value is -0.600. The third-order valence-electron chi connectivity index (χ3n) is 1.63. The average molecular weight is 205 g/mol. The van der Waals surface area contributed by atoms with E-state index in [1.165, 1.54) is 0 Å². The summed E-state index contributed by atoms with van der Waals surface area (Å²) >= 11 is 11.3. The minimum Gasteiger partial charge on any atom is -0.423 e. The first-order chi connectivity index (χ1) is 5.58. The van der Waals surface area contributed by atoms with Crippen molar-refractivity contribution in [3.63, 3.8) is 0 Å². The van der Waals surface area contributed by atoms with Crippen molar-refractivity contribution in [2.75, 3.05) is 0 Å². The van der Waals surface area contributed by atoms with Gasteiger partial charge in [-0.05, 0) is 41.8 Å². The van der Waals surface area contributed by atoms with Crippen LogP contribution in [0.25, 0.3) is 0 Å². The zero-order valence-electron chi connectivity index (χ0n) is 6.30. The molecule has 0 aliphatic carbocycles. The zero-order valence-corrected chi connectivity index (χ0v) is 7.82. The number of aryl methyl sites for hydroxylation is 1. The molecule has 0 unspecified atom stereocenters. The first-order valence-corrected chi connectivity index (χ1v) is 4.19. The standard InChI is InChI=1S/C8H6Cl2O2/c1-5-3-2-4-6-7(5)12-8(9,10)11-6/h2-4H,1H3. The Morgan fingerprint density at radius 1 is 1.25 bits per heavy atom. The van der Waals surface area contributed by atoms with Gasteiger partial charge in [-0.3, -0.25) is 0 Å². The van der Waals surface area contributed by atoms with Crippen molar-refractivity contribution in [3.8, 4) is 11.5 Å². The number of rotatable bonds is 0. The van der Waals surface area contributed by atoms with Gasteiger partial charge in [-0.2, -0.15) is 0 Å². The molecule has 64 valence electrons. The van der Waals surface area contributed by atoms with Crippen molar-refractivity contribution in [1.82, 2.24) is 0 Å². The van der Waals surface area contributed by atoms with Gasteiger partial charge in [0.1, 0.15) is 0 Å². The topological polar surface area (TPSA) is 18.5 Å². The number of hydrogen-bond donors (Lipinski definition) is 0. The zero-order chi connectivity index (χ0) is 8.77. The highest BCUT2D eigenvalue weighted by Gasteiger charge is 2.38. The van der Waals surface area contributed by atoms with Gasteiger partial charge in [-0.15, -0.1) is 0 Å². The number of alkyl halides is 2. The summed E-state index contributed by atoms with van der Waals surface area (Å²) in [4.78, 5) is 0. The van der Waals surface area contributed by atoms with E-state index in [9.17, 15) is 0 Å². The van der Waals surface area contributed by atoms with Crippen molar-refractivity contribution >= 4 is 23.2 Å². The Balaban J connectivity index is 2.48. The predicted octanol–water partition coefficient (Wildman–Crippen LogP) is 2.86. The molecule has 1 aliphatic rings. The third kappa shape index (κ3) is 1.21. The van der Waals surface area contributed by atoms with Crippen molar-refractivity contribution in [3.05, 3.63) is 23.8 Å². The van der Waals surface area contributed by atoms with E-state index in [4.69, 9.17) is 32.7 Å². The van der Waals surface area contributed by atoms with Crippen LogP contribution < -0.4 is 9.47 Å². The molecular formula is C8H6Cl2O2. The molecule has 4 heteroatoms. The van der Waals surface area contributed by atoms with E-state index < -0.39 is 4.71 Å². The van der Waals surface area contributed by atoms with Gasteiger partial charge < -0.3 is 9.47 Å². The largest absolute Gasteiger partial charge is 0.423 e. The number of fused-ring (bicyclic) bond motifs is 1. The summed E-state index contributed by atoms with van der Waals surface area (Å²) in [5.74, 6) is 1.20. The molecule has 2 rings (SSSR count). The lowest BCUT2D eigenvalue weighted by atomic mass is 10.2. The summed E-state index contributed by atoms with van der Waals surface area (Å²) in [7, 11) is 0. The minimum absolute atomic E-state index is 0.583. The molecule has 0 saturated heterocycles. The first kappa shape index (κ1) is 8.02. The van der Waals surface area contributed by atoms with E-state index >= 15 is 0 Å². The molecule has 0 saturated carbocycles. The van der Waals surface area contributed by atoms with Crippen LogP contribution in [-0.4, -0.2) is 4.71 Å². The van der Waals surface area contributed by atoms with E-state index in [1.807, 2.05) is 19.1 Å². The van der Waals surface area contributed by atoms with Gasteiger partial charge >= 0.3 is 4.71 Å². The molecule has 0 atom stereocenters. The molecule has 0 aromatic heterocycles. The lowest BCUT2D eigenvalue weighted by Gasteiger charge is -2.09. The van der Waals surface area contributed by atoms with Crippen molar-refractivity contribution < 1.29 is 9.47 Å². The Kier molecular flexibility index (Phi) is 1.63. The molecule has 2 nitrogen and oxygen atoms in total. The number of halogens is 2. The highest BCUT2D eigenvalue weighted by atomic mass is 35.5. The Morgan fingerprint density at radius 3 is 2.67 bits per heavy atom. The van der Waals surface area contributed by atoms with Crippen LogP contribution in [0.3, 0.4) is 0 Å². The fourth-order valence-corrected chi connectivity index (χ4v) is 1.42. The van der Waals surface area contributed by atoms with Crippen LogP contribution in [0.2, 0.25) is 0 Å². The second-order valence-electron chi connectivity index (χ2n) is 2.57. The number of hydrogen-bond acceptors (Lipinski definition) is 2. The van der Waals surface area contributed by atoms with Gasteiger partial charge in [-0.25, -0.2) is 0 Å². The smallest absolute Gasteiger partial charge is 0.419 e. The van der Waals surface area contributed by atoms with Crippen molar-refractivity contribution in [2.24, 2.45) is 0 Å². The number of para-hydroxylation sites is 1. The van der Waals surface area contributed by atoms with Gasteiger partial charge in [0.05, 0.1) is 0 Å². The van der Waals surface area contributed by atoms with E-state index in [-0.39, 0.29) is 0 Å². The van der Waals surface area contributed by atoms with E-state index in [0.717, 1.165) is 5.56 Å². The van der Waals surface area contributed by atoms with Gasteiger partial charge in [0.2, 0.25) is 0 Å². The van der Waals surface area contributed by atoms with Crippen LogP contribution in [0.5, 0.6) is 11.5 Å². The lowest BCUT2D eigenvalue weighted by molar-refractivity contribution is 0.0845. The Bertz CT molecular complexity index is 323. The molecule has 0 bridgehead atoms. The lowest BCUT2D eigenvalue weighted by Crippen LogP contribution is -2.22. The molecule has 0 amide bonds. The molecule has 12 heavy (non-hydrogen) atoms. The van der Waals surface area contributed by atoms with Crippen molar-refractivity contribution in [2.45, 2.75) is 11.6 Å². The van der Waals surface area contributed by atoms with Crippen LogP contribution >= 0.6 is 23.2 Å². The summed E-state index contributed by atoms with van der Waals surface area (Å²) in [5.41, 5.74) is 0.954. The highest BCUT2D eigenvalue weighted by Crippen LogP contribution is 2.44. The van der Waals surface area contributed by atoms with E-state index in [0.29, 0.717) is 11.5 Å². The van der Waals surface area contributed by atoms with Crippen molar-refractivity contribution in [1.29, 1.82) is 0 Å². The number of benzene rings is 1. The molecular weight excluding hydrogens is 199 g/mol. The van der Waals surface area contributed by atoms with Gasteiger partial charge in [0.25, 0.3) is 0 Å². The monoisotopic (exact) mass is 204 g/mol. The third-order valence-corrected chi connectivity index (χ3v) is 1.93. The normalized spacial score (nSPS) is 17.9. The SMILES string of the molecule is Cc1cccc2c1OC(Cl)(Cl)O2. The molecule has 0 N–H and O–H groups in total. The van der Waals surface area contributed by atoms with Gasteiger partial charge in [-0.1, -0.05) is 12.1 Å². The quantitative estimate of drug-likeness (QED) is 0.606. The van der Waals surface area contributed by atoms with E-state index in [2.05, 4.69) is 0 Å². The van der Waals surface area contributed by atoms with Gasteiger partial charge in [0.15, 0.2) is 11.5 Å². The second-order valence-corrected chi connectivity index (χ2v) is 3.76. The predicted molar refractivity (Wildman–Crippen MR) is 46.9 cm³/mol. The molecule has 0 fully saturated rings. The molecule has 1 aromatic rings. The van der Waals surface area contributed by atoms with Crippen LogP contribution in [0.4, 0.5) is 0 Å². The summed E-state index contributed by atoms with van der Waals surface area (Å²) in [6.45, 7) is 1.90. The maximum Gasteiger partial charge on any atom is 0.419 e. The average Bonchev–Trinajstić information content (AvgIpc) is 2.25. The number of ether oxygens (including phenoxy) is 2. The van der Waals surface area contributed by atoms with Crippen LogP contribution in [-0.2, 0) is 0 Å². The molecule has 0 radical (unpaired) electrons. The summed E-state index contributed by atoms with van der Waals surface area (Å²) in [5, 5.41) is 0. The Labute approximate surface area is 80.0 Å². The molecule has 1 heterocycles. The maximum absolute atomic E-state index is 5.63. The summed E-state index contributed by atoms with van der Waals surface area (Å²) in [6, 6.07) is 5.51. The fraction of sp³-hybridized carbons (Fsp3) is 0.250. The highest BCUT2D eigenvalue weighted by molar-refractivity contribution is 6.46. The maximum atomic E-state index is 5.63. The first-order valence-electron chi connectivity index (χ1n) is 3.44. The molecule has 1 aromatic carbocycles. The second kappa shape index (κ2) is 2.44. The minimum atomic E-state index is -1.56. The summed E-state index contributed by atoms with van der Waals surface area (Å²) in [6.07, 6.45) is 0. The summed E-state index contributed by atoms with van der Waals surface area (Å²) < 4.78 is 8.66. The van der Waals surface area contributed by atoms with Crippen LogP contribution in [0, 0.1) is 6.92 Å². The van der Waals surface area contributed by atoms with Crippen LogP contribution in [0.15, 0.2) is 18.2 Å². The van der Waals surface area contributed by atoms with Gasteiger partial charge in [0, 0.05) is 0 Å². The Morgan fingerprint density at radius 2 is 2.00 bits per heavy atom. The van der Waals surface area contributed by atoms with Crippen LogP contribution in [0.1, 0.15) is 5.56 Å². The van der Waals surface area contributed by atoms with E-state index in [1.54, 1.807) is 6.07 Å². The fourth-order valence-electron chi connectivity index (χ4n) is 1.10.